The van der Waals surface area contributed by atoms with Crippen LogP contribution in [0.1, 0.15) is 19.3 Å². The first-order valence-electron chi connectivity index (χ1n) is 6.90. The standard InChI is InChI=1S/C13H24N2O3/c1-17-8-9-18-11-13(16)15-7-4-12(10-15)14-5-2-3-6-14/h12H,2-11H2,1H3. The third kappa shape index (κ3) is 3.67. The molecule has 1 atom stereocenters. The Bertz CT molecular complexity index is 267. The average Bonchev–Trinajstić information content (AvgIpc) is 3.03. The SMILES string of the molecule is COCCOCC(=O)N1CCC(N2CCCC2)C1. The van der Waals surface area contributed by atoms with E-state index in [1.54, 1.807) is 7.11 Å². The summed E-state index contributed by atoms with van der Waals surface area (Å²) in [6, 6.07) is 0.579. The van der Waals surface area contributed by atoms with Crippen LogP contribution in [-0.4, -0.2) is 74.9 Å². The molecule has 5 nitrogen and oxygen atoms in total. The van der Waals surface area contributed by atoms with Crippen LogP contribution < -0.4 is 0 Å². The Labute approximate surface area is 109 Å². The molecule has 2 aliphatic rings. The van der Waals surface area contributed by atoms with E-state index in [1.165, 1.54) is 25.9 Å². The summed E-state index contributed by atoms with van der Waals surface area (Å²) < 4.78 is 10.2. The van der Waals surface area contributed by atoms with Crippen LogP contribution in [0.2, 0.25) is 0 Å². The van der Waals surface area contributed by atoms with Gasteiger partial charge in [0.2, 0.25) is 5.91 Å². The van der Waals surface area contributed by atoms with Gasteiger partial charge in [0, 0.05) is 26.2 Å². The fourth-order valence-corrected chi connectivity index (χ4v) is 2.77. The average molecular weight is 256 g/mol. The van der Waals surface area contributed by atoms with Crippen molar-refractivity contribution in [3.05, 3.63) is 0 Å². The summed E-state index contributed by atoms with van der Waals surface area (Å²) in [5.41, 5.74) is 0. The van der Waals surface area contributed by atoms with E-state index in [0.29, 0.717) is 19.3 Å². The van der Waals surface area contributed by atoms with E-state index in [0.717, 1.165) is 19.5 Å². The number of amides is 1. The van der Waals surface area contributed by atoms with Gasteiger partial charge in [-0.3, -0.25) is 9.69 Å². The largest absolute Gasteiger partial charge is 0.382 e. The van der Waals surface area contributed by atoms with Crippen LogP contribution in [0.3, 0.4) is 0 Å². The fraction of sp³-hybridized carbons (Fsp3) is 0.923. The topological polar surface area (TPSA) is 42.0 Å². The second-order valence-corrected chi connectivity index (χ2v) is 5.07. The Morgan fingerprint density at radius 3 is 2.72 bits per heavy atom. The summed E-state index contributed by atoms with van der Waals surface area (Å²) >= 11 is 0. The van der Waals surface area contributed by atoms with Crippen molar-refractivity contribution in [1.82, 2.24) is 9.80 Å². The van der Waals surface area contributed by atoms with E-state index in [9.17, 15) is 4.79 Å². The quantitative estimate of drug-likeness (QED) is 0.643. The molecular weight excluding hydrogens is 232 g/mol. The predicted molar refractivity (Wildman–Crippen MR) is 68.5 cm³/mol. The molecule has 104 valence electrons. The molecule has 0 radical (unpaired) electrons. The summed E-state index contributed by atoms with van der Waals surface area (Å²) in [5, 5.41) is 0. The predicted octanol–water partition coefficient (Wildman–Crippen LogP) is 0.346. The molecule has 0 saturated carbocycles. The number of nitrogens with zero attached hydrogens (tertiary/aromatic N) is 2. The van der Waals surface area contributed by atoms with Crippen molar-refractivity contribution in [3.63, 3.8) is 0 Å². The molecule has 2 saturated heterocycles. The monoisotopic (exact) mass is 256 g/mol. The van der Waals surface area contributed by atoms with Gasteiger partial charge < -0.3 is 14.4 Å². The first-order valence-corrected chi connectivity index (χ1v) is 6.90. The molecule has 18 heavy (non-hydrogen) atoms. The molecule has 0 aromatic carbocycles. The van der Waals surface area contributed by atoms with Crippen LogP contribution in [0.25, 0.3) is 0 Å². The Kier molecular flexibility index (Phi) is 5.41. The molecule has 5 heteroatoms. The van der Waals surface area contributed by atoms with Gasteiger partial charge >= 0.3 is 0 Å². The number of ether oxygens (including phenoxy) is 2. The molecule has 0 aromatic rings. The van der Waals surface area contributed by atoms with E-state index in [2.05, 4.69) is 4.90 Å². The summed E-state index contributed by atoms with van der Waals surface area (Å²) in [4.78, 5) is 16.4. The van der Waals surface area contributed by atoms with Crippen molar-refractivity contribution >= 4 is 5.91 Å². The Balaban J connectivity index is 1.66. The van der Waals surface area contributed by atoms with Gasteiger partial charge in [0.15, 0.2) is 0 Å². The van der Waals surface area contributed by atoms with Crippen molar-refractivity contribution < 1.29 is 14.3 Å². The lowest BCUT2D eigenvalue weighted by atomic mass is 10.2. The van der Waals surface area contributed by atoms with E-state index < -0.39 is 0 Å². The van der Waals surface area contributed by atoms with Crippen molar-refractivity contribution in [2.45, 2.75) is 25.3 Å². The molecule has 0 spiro atoms. The maximum atomic E-state index is 11.9. The molecule has 2 heterocycles. The summed E-state index contributed by atoms with van der Waals surface area (Å²) in [6.45, 7) is 5.40. The highest BCUT2D eigenvalue weighted by molar-refractivity contribution is 5.77. The van der Waals surface area contributed by atoms with Crippen LogP contribution in [0.4, 0.5) is 0 Å². The number of hydrogen-bond donors (Lipinski definition) is 0. The lowest BCUT2D eigenvalue weighted by molar-refractivity contribution is -0.135. The maximum absolute atomic E-state index is 11.9. The minimum atomic E-state index is 0.118. The first-order chi connectivity index (χ1) is 8.81. The van der Waals surface area contributed by atoms with Gasteiger partial charge in [-0.05, 0) is 32.4 Å². The summed E-state index contributed by atoms with van der Waals surface area (Å²) in [6.07, 6.45) is 3.74. The molecule has 1 unspecified atom stereocenters. The third-order valence-corrected chi connectivity index (χ3v) is 3.83. The van der Waals surface area contributed by atoms with Crippen LogP contribution in [-0.2, 0) is 14.3 Å². The van der Waals surface area contributed by atoms with E-state index >= 15 is 0 Å². The van der Waals surface area contributed by atoms with Crippen molar-refractivity contribution in [1.29, 1.82) is 0 Å². The maximum Gasteiger partial charge on any atom is 0.248 e. The molecule has 0 aliphatic carbocycles. The molecular formula is C13H24N2O3. The second-order valence-electron chi connectivity index (χ2n) is 5.07. The second kappa shape index (κ2) is 7.07. The number of methoxy groups -OCH3 is 1. The summed E-state index contributed by atoms with van der Waals surface area (Å²) in [7, 11) is 1.63. The number of likely N-dealkylation sites (tertiary alicyclic amines) is 2. The summed E-state index contributed by atoms with van der Waals surface area (Å²) in [5.74, 6) is 0.118. The van der Waals surface area contributed by atoms with Gasteiger partial charge in [0.05, 0.1) is 13.2 Å². The van der Waals surface area contributed by atoms with Gasteiger partial charge in [0.1, 0.15) is 6.61 Å². The Hall–Kier alpha value is -0.650. The first kappa shape index (κ1) is 13.8. The van der Waals surface area contributed by atoms with Gasteiger partial charge in [0.25, 0.3) is 0 Å². The molecule has 0 aromatic heterocycles. The van der Waals surface area contributed by atoms with Gasteiger partial charge in [-0.2, -0.15) is 0 Å². The van der Waals surface area contributed by atoms with Crippen molar-refractivity contribution in [3.8, 4) is 0 Å². The molecule has 2 rings (SSSR count). The van der Waals surface area contributed by atoms with Gasteiger partial charge in [-0.25, -0.2) is 0 Å². The Morgan fingerprint density at radius 2 is 2.00 bits per heavy atom. The highest BCUT2D eigenvalue weighted by Crippen LogP contribution is 2.20. The zero-order valence-corrected chi connectivity index (χ0v) is 11.3. The number of hydrogen-bond acceptors (Lipinski definition) is 4. The van der Waals surface area contributed by atoms with Crippen LogP contribution in [0, 0.1) is 0 Å². The number of carbonyl (C=O) groups is 1. The minimum absolute atomic E-state index is 0.118. The highest BCUT2D eigenvalue weighted by Gasteiger charge is 2.31. The number of carbonyl (C=O) groups excluding carboxylic acids is 1. The van der Waals surface area contributed by atoms with E-state index in [4.69, 9.17) is 9.47 Å². The normalized spacial score (nSPS) is 24.9. The minimum Gasteiger partial charge on any atom is -0.382 e. The molecule has 0 N–H and O–H groups in total. The smallest absolute Gasteiger partial charge is 0.248 e. The zero-order valence-electron chi connectivity index (χ0n) is 11.3. The van der Waals surface area contributed by atoms with E-state index in [-0.39, 0.29) is 12.5 Å². The molecule has 1 amide bonds. The van der Waals surface area contributed by atoms with Crippen LogP contribution in [0.15, 0.2) is 0 Å². The van der Waals surface area contributed by atoms with Crippen molar-refractivity contribution in [2.24, 2.45) is 0 Å². The highest BCUT2D eigenvalue weighted by atomic mass is 16.5. The van der Waals surface area contributed by atoms with Gasteiger partial charge in [-0.15, -0.1) is 0 Å². The Morgan fingerprint density at radius 1 is 1.22 bits per heavy atom. The lowest BCUT2D eigenvalue weighted by Gasteiger charge is -2.23. The zero-order chi connectivity index (χ0) is 12.8. The molecule has 0 bridgehead atoms. The van der Waals surface area contributed by atoms with Gasteiger partial charge in [-0.1, -0.05) is 0 Å². The molecule has 2 aliphatic heterocycles. The lowest BCUT2D eigenvalue weighted by Crippen LogP contribution is -2.38. The fourth-order valence-electron chi connectivity index (χ4n) is 2.77. The van der Waals surface area contributed by atoms with Crippen molar-refractivity contribution in [2.75, 3.05) is 53.1 Å². The number of rotatable bonds is 6. The van der Waals surface area contributed by atoms with Crippen LogP contribution >= 0.6 is 0 Å². The third-order valence-electron chi connectivity index (χ3n) is 3.83. The van der Waals surface area contributed by atoms with E-state index in [1.807, 2.05) is 4.90 Å². The molecule has 2 fully saturated rings. The van der Waals surface area contributed by atoms with Crippen LogP contribution in [0.5, 0.6) is 0 Å².